The van der Waals surface area contributed by atoms with Gasteiger partial charge >= 0.3 is 5.91 Å². The van der Waals surface area contributed by atoms with Gasteiger partial charge in [0, 0.05) is 13.1 Å². The van der Waals surface area contributed by atoms with Crippen LogP contribution in [0, 0.1) is 0 Å². The fourth-order valence-corrected chi connectivity index (χ4v) is 4.79. The minimum Gasteiger partial charge on any atom is -0.493 e. The summed E-state index contributed by atoms with van der Waals surface area (Å²) in [5, 5.41) is 10.8. The summed E-state index contributed by atoms with van der Waals surface area (Å²) in [5.74, 6) is -0.131. The number of piperidine rings is 1. The van der Waals surface area contributed by atoms with Gasteiger partial charge in [0.1, 0.15) is 5.75 Å². The Morgan fingerprint density at radius 3 is 2.66 bits per heavy atom. The number of aliphatic imine (C=N–C) groups is 2. The van der Waals surface area contributed by atoms with Gasteiger partial charge in [0.2, 0.25) is 21.6 Å². The third-order valence-electron chi connectivity index (χ3n) is 4.72. The van der Waals surface area contributed by atoms with Gasteiger partial charge in [-0.1, -0.05) is 13.3 Å². The highest BCUT2D eigenvalue weighted by molar-refractivity contribution is 7.89. The first kappa shape index (κ1) is 19.5. The number of nitrogens with zero attached hydrogens (tertiary/aromatic N) is 6. The molecule has 0 aromatic heterocycles. The van der Waals surface area contributed by atoms with Gasteiger partial charge in [-0.15, -0.1) is 10.2 Å². The molecule has 1 aromatic carbocycles. The van der Waals surface area contributed by atoms with Crippen LogP contribution in [0.5, 0.6) is 5.75 Å². The van der Waals surface area contributed by atoms with Crippen molar-refractivity contribution in [1.29, 1.82) is 0 Å². The standard InChI is InChI=1S/C18H20N6O4S/c1-2-10-28-14-7-6-12(29(26,27)24-8-4-3-5-9-24)11-13(14)16-19-17-15(18(25)20-16)21-23-22-17/h6-7,11H,2-5,8-10H2,1H3. The zero-order valence-electron chi connectivity index (χ0n) is 15.9. The molecule has 29 heavy (non-hydrogen) atoms. The number of amides is 1. The Kier molecular flexibility index (Phi) is 5.33. The van der Waals surface area contributed by atoms with Crippen LogP contribution in [-0.2, 0) is 14.8 Å². The number of benzene rings is 1. The smallest absolute Gasteiger partial charge is 0.303 e. The average Bonchev–Trinajstić information content (AvgIpc) is 3.22. The Balaban J connectivity index is 1.77. The summed E-state index contributed by atoms with van der Waals surface area (Å²) in [5.41, 5.74) is 0.292. The van der Waals surface area contributed by atoms with Crippen LogP contribution in [0.2, 0.25) is 0 Å². The van der Waals surface area contributed by atoms with Gasteiger partial charge in [-0.2, -0.15) is 9.30 Å². The van der Waals surface area contributed by atoms with Crippen molar-refractivity contribution < 1.29 is 17.9 Å². The minimum absolute atomic E-state index is 0.0260. The van der Waals surface area contributed by atoms with Crippen molar-refractivity contribution in [2.24, 2.45) is 25.4 Å². The molecule has 1 amide bonds. The number of sulfonamides is 1. The van der Waals surface area contributed by atoms with E-state index in [4.69, 9.17) is 4.74 Å². The molecule has 3 aliphatic rings. The molecule has 152 valence electrons. The molecule has 0 N–H and O–H groups in total. The van der Waals surface area contributed by atoms with E-state index in [-0.39, 0.29) is 22.3 Å². The quantitative estimate of drug-likeness (QED) is 0.704. The van der Waals surface area contributed by atoms with Crippen LogP contribution >= 0.6 is 0 Å². The molecule has 3 heterocycles. The Morgan fingerprint density at radius 2 is 1.90 bits per heavy atom. The molecule has 0 bridgehead atoms. The summed E-state index contributed by atoms with van der Waals surface area (Å²) in [6, 6.07) is 4.55. The van der Waals surface area contributed by atoms with E-state index in [0.717, 1.165) is 25.7 Å². The van der Waals surface area contributed by atoms with Crippen molar-refractivity contribution in [3.8, 4) is 5.75 Å². The van der Waals surface area contributed by atoms with E-state index in [1.807, 2.05) is 6.92 Å². The van der Waals surface area contributed by atoms with Crippen LogP contribution in [-0.4, -0.2) is 55.7 Å². The highest BCUT2D eigenvalue weighted by Gasteiger charge is 2.31. The SMILES string of the molecule is CCCOc1ccc(S(=O)(=O)N2CCCCC2)cc1C1=NC(=O)C2=NN=NC2=N1. The fraction of sp³-hybridized carbons (Fsp3) is 0.444. The summed E-state index contributed by atoms with van der Waals surface area (Å²) in [4.78, 5) is 20.5. The summed E-state index contributed by atoms with van der Waals surface area (Å²) in [6.07, 6.45) is 3.46. The maximum atomic E-state index is 13.1. The van der Waals surface area contributed by atoms with Crippen molar-refractivity contribution in [1.82, 2.24) is 4.31 Å². The Labute approximate surface area is 168 Å². The van der Waals surface area contributed by atoms with Crippen molar-refractivity contribution in [3.63, 3.8) is 0 Å². The van der Waals surface area contributed by atoms with E-state index >= 15 is 0 Å². The molecule has 0 unspecified atom stereocenters. The molecule has 1 saturated heterocycles. The van der Waals surface area contributed by atoms with Crippen LogP contribution in [0.3, 0.4) is 0 Å². The Bertz CT molecular complexity index is 1070. The largest absolute Gasteiger partial charge is 0.493 e. The highest BCUT2D eigenvalue weighted by atomic mass is 32.2. The van der Waals surface area contributed by atoms with Crippen molar-refractivity contribution in [2.75, 3.05) is 19.7 Å². The van der Waals surface area contributed by atoms with E-state index in [1.165, 1.54) is 16.4 Å². The van der Waals surface area contributed by atoms with Crippen LogP contribution in [0.25, 0.3) is 0 Å². The third kappa shape index (κ3) is 3.75. The number of ether oxygens (including phenoxy) is 1. The molecule has 0 radical (unpaired) electrons. The van der Waals surface area contributed by atoms with Crippen LogP contribution in [0.1, 0.15) is 38.2 Å². The summed E-state index contributed by atoms with van der Waals surface area (Å²) >= 11 is 0. The lowest BCUT2D eigenvalue weighted by Gasteiger charge is -2.26. The summed E-state index contributed by atoms with van der Waals surface area (Å²) in [6.45, 7) is 3.37. The van der Waals surface area contributed by atoms with Gasteiger partial charge < -0.3 is 4.74 Å². The lowest BCUT2D eigenvalue weighted by molar-refractivity contribution is -0.111. The molecular formula is C18H20N6O4S. The van der Waals surface area contributed by atoms with E-state index in [1.54, 1.807) is 6.07 Å². The molecule has 4 rings (SSSR count). The predicted octanol–water partition coefficient (Wildman–Crippen LogP) is 2.16. The molecule has 0 saturated carbocycles. The zero-order chi connectivity index (χ0) is 20.4. The molecule has 11 heteroatoms. The molecule has 3 aliphatic heterocycles. The lowest BCUT2D eigenvalue weighted by Crippen LogP contribution is -2.35. The predicted molar refractivity (Wildman–Crippen MR) is 106 cm³/mol. The average molecular weight is 416 g/mol. The van der Waals surface area contributed by atoms with Crippen LogP contribution in [0.15, 0.2) is 48.5 Å². The van der Waals surface area contributed by atoms with Gasteiger partial charge in [-0.05, 0) is 42.7 Å². The molecular weight excluding hydrogens is 396 g/mol. The van der Waals surface area contributed by atoms with E-state index in [2.05, 4.69) is 25.4 Å². The molecule has 10 nitrogen and oxygen atoms in total. The van der Waals surface area contributed by atoms with Crippen LogP contribution < -0.4 is 4.74 Å². The van der Waals surface area contributed by atoms with Crippen LogP contribution in [0.4, 0.5) is 0 Å². The number of carbonyl (C=O) groups excluding carboxylic acids is 1. The van der Waals surface area contributed by atoms with Crippen molar-refractivity contribution in [2.45, 2.75) is 37.5 Å². The van der Waals surface area contributed by atoms with E-state index in [0.29, 0.717) is 31.0 Å². The number of amidine groups is 2. The number of hydrogen-bond acceptors (Lipinski definition) is 8. The second-order valence-electron chi connectivity index (χ2n) is 6.79. The summed E-state index contributed by atoms with van der Waals surface area (Å²) < 4.78 is 33.4. The zero-order valence-corrected chi connectivity index (χ0v) is 16.7. The van der Waals surface area contributed by atoms with Gasteiger partial charge in [0.25, 0.3) is 0 Å². The number of rotatable bonds is 6. The molecule has 0 spiro atoms. The first-order valence-electron chi connectivity index (χ1n) is 9.49. The minimum atomic E-state index is -3.67. The highest BCUT2D eigenvalue weighted by Crippen LogP contribution is 2.28. The van der Waals surface area contributed by atoms with Crippen molar-refractivity contribution in [3.05, 3.63) is 23.8 Å². The molecule has 0 aliphatic carbocycles. The Morgan fingerprint density at radius 1 is 1.10 bits per heavy atom. The third-order valence-corrected chi connectivity index (χ3v) is 6.62. The monoisotopic (exact) mass is 416 g/mol. The second kappa shape index (κ2) is 7.91. The normalized spacial score (nSPS) is 19.5. The van der Waals surface area contributed by atoms with Gasteiger partial charge in [-0.25, -0.2) is 13.4 Å². The summed E-state index contributed by atoms with van der Waals surface area (Å²) in [7, 11) is -3.67. The van der Waals surface area contributed by atoms with Gasteiger partial charge in [-0.3, -0.25) is 4.79 Å². The molecule has 1 fully saturated rings. The van der Waals surface area contributed by atoms with E-state index in [9.17, 15) is 13.2 Å². The maximum Gasteiger partial charge on any atom is 0.303 e. The molecule has 1 aromatic rings. The fourth-order valence-electron chi connectivity index (χ4n) is 3.25. The number of carbonyl (C=O) groups is 1. The van der Waals surface area contributed by atoms with Gasteiger partial charge in [0.15, 0.2) is 5.84 Å². The molecule has 0 atom stereocenters. The topological polar surface area (TPSA) is 125 Å². The number of hydrogen-bond donors (Lipinski definition) is 0. The first-order chi connectivity index (χ1) is 14.0. The lowest BCUT2D eigenvalue weighted by atomic mass is 10.1. The number of fused-ring (bicyclic) bond motifs is 1. The second-order valence-corrected chi connectivity index (χ2v) is 8.72. The maximum absolute atomic E-state index is 13.1. The van der Waals surface area contributed by atoms with Crippen molar-refractivity contribution >= 4 is 33.3 Å². The first-order valence-corrected chi connectivity index (χ1v) is 10.9. The van der Waals surface area contributed by atoms with E-state index < -0.39 is 15.9 Å². The van der Waals surface area contributed by atoms with Gasteiger partial charge in [0.05, 0.1) is 17.1 Å². The Hall–Kier alpha value is -2.79.